The molecule has 3 amide bonds. The minimum Gasteiger partial charge on any atom is -0.494 e. The highest BCUT2D eigenvalue weighted by atomic mass is 19.1. The zero-order chi connectivity index (χ0) is 26.0. The van der Waals surface area contributed by atoms with Crippen LogP contribution in [0.4, 0.5) is 21.6 Å². The number of benzene rings is 1. The summed E-state index contributed by atoms with van der Waals surface area (Å²) in [6.45, 7) is 1.58. The Balaban J connectivity index is 1.79. The summed E-state index contributed by atoms with van der Waals surface area (Å²) in [6, 6.07) is 5.67. The van der Waals surface area contributed by atoms with E-state index in [9.17, 15) is 14.4 Å². The molecule has 1 aliphatic rings. The van der Waals surface area contributed by atoms with Crippen molar-refractivity contribution in [3.63, 3.8) is 0 Å². The van der Waals surface area contributed by atoms with Gasteiger partial charge in [0.05, 0.1) is 18.5 Å². The van der Waals surface area contributed by atoms with Crippen molar-refractivity contribution in [3.05, 3.63) is 53.2 Å². The maximum Gasteiger partial charge on any atom is 0.273 e. The van der Waals surface area contributed by atoms with Gasteiger partial charge >= 0.3 is 0 Å². The van der Waals surface area contributed by atoms with Crippen molar-refractivity contribution in [1.82, 2.24) is 20.5 Å². The number of aromatic nitrogens is 3. The first-order chi connectivity index (χ1) is 17.2. The van der Waals surface area contributed by atoms with E-state index in [0.29, 0.717) is 11.1 Å². The summed E-state index contributed by atoms with van der Waals surface area (Å²) in [5, 5.41) is 16.0. The molecule has 0 saturated heterocycles. The molecule has 2 aromatic heterocycles. The summed E-state index contributed by atoms with van der Waals surface area (Å²) < 4.78 is 20.7. The number of rotatable bonds is 8. The number of methoxy groups -OCH3 is 1. The minimum atomic E-state index is -0.691. The molecular weight excluding hydrogens is 469 g/mol. The third-order valence-electron chi connectivity index (χ3n) is 5.69. The molecule has 1 aliphatic carbocycles. The second kappa shape index (κ2) is 9.94. The van der Waals surface area contributed by atoms with Crippen molar-refractivity contribution in [1.29, 1.82) is 0 Å². The lowest BCUT2D eigenvalue weighted by Gasteiger charge is -2.19. The van der Waals surface area contributed by atoms with E-state index in [-0.39, 0.29) is 51.7 Å². The second-order valence-electron chi connectivity index (χ2n) is 8.20. The maximum atomic E-state index is 15.1. The second-order valence-corrected chi connectivity index (χ2v) is 8.20. The van der Waals surface area contributed by atoms with Gasteiger partial charge in [-0.25, -0.2) is 4.39 Å². The monoisotopic (exact) mass is 493 g/mol. The number of amides is 3. The van der Waals surface area contributed by atoms with Crippen molar-refractivity contribution in [2.24, 2.45) is 11.7 Å². The molecule has 0 radical (unpaired) electrons. The Bertz CT molecular complexity index is 1360. The van der Waals surface area contributed by atoms with Gasteiger partial charge in [0.1, 0.15) is 11.5 Å². The van der Waals surface area contributed by atoms with Gasteiger partial charge in [-0.1, -0.05) is 6.07 Å². The molecule has 0 bridgehead atoms. The van der Waals surface area contributed by atoms with E-state index in [0.717, 1.165) is 12.8 Å². The number of anilines is 3. The smallest absolute Gasteiger partial charge is 0.273 e. The zero-order valence-corrected chi connectivity index (χ0v) is 19.8. The Kier molecular flexibility index (Phi) is 6.77. The number of nitrogens with zero attached hydrogens (tertiary/aromatic N) is 3. The number of nitrogens with one attached hydrogen (secondary N) is 3. The Morgan fingerprint density at radius 3 is 2.47 bits per heavy atom. The molecule has 1 saturated carbocycles. The summed E-state index contributed by atoms with van der Waals surface area (Å²) in [5.41, 5.74) is 6.76. The number of hydrogen-bond acceptors (Lipinski definition) is 8. The van der Waals surface area contributed by atoms with E-state index >= 15 is 4.39 Å². The van der Waals surface area contributed by atoms with Crippen LogP contribution in [0, 0.1) is 18.7 Å². The van der Waals surface area contributed by atoms with Crippen LogP contribution in [0.15, 0.2) is 30.5 Å². The average Bonchev–Trinajstić information content (AvgIpc) is 3.71. The first kappa shape index (κ1) is 24.5. The van der Waals surface area contributed by atoms with E-state index in [1.807, 2.05) is 0 Å². The molecule has 0 aliphatic heterocycles. The Hall–Kier alpha value is -4.61. The van der Waals surface area contributed by atoms with E-state index in [4.69, 9.17) is 10.5 Å². The lowest BCUT2D eigenvalue weighted by molar-refractivity contribution is -0.117. The molecule has 36 heavy (non-hydrogen) atoms. The van der Waals surface area contributed by atoms with Crippen LogP contribution >= 0.6 is 0 Å². The van der Waals surface area contributed by atoms with Crippen LogP contribution in [0.1, 0.15) is 39.4 Å². The Labute approximate surface area is 205 Å². The summed E-state index contributed by atoms with van der Waals surface area (Å²) in [7, 11) is 2.85. The van der Waals surface area contributed by atoms with Crippen molar-refractivity contribution < 1.29 is 23.5 Å². The van der Waals surface area contributed by atoms with Crippen LogP contribution < -0.4 is 26.4 Å². The first-order valence-corrected chi connectivity index (χ1v) is 11.0. The molecule has 3 aromatic rings. The number of primary amides is 1. The molecule has 4 rings (SSSR count). The Morgan fingerprint density at radius 1 is 1.14 bits per heavy atom. The molecule has 0 unspecified atom stereocenters. The fraction of sp³-hybridized carbons (Fsp3) is 0.250. The summed E-state index contributed by atoms with van der Waals surface area (Å²) in [5.74, 6) is -1.64. The van der Waals surface area contributed by atoms with Crippen molar-refractivity contribution in [3.8, 4) is 16.9 Å². The van der Waals surface area contributed by atoms with E-state index in [2.05, 4.69) is 31.1 Å². The third kappa shape index (κ3) is 4.92. The van der Waals surface area contributed by atoms with Crippen LogP contribution in [0.2, 0.25) is 0 Å². The van der Waals surface area contributed by atoms with Gasteiger partial charge in [0.25, 0.3) is 11.8 Å². The number of pyridine rings is 1. The molecule has 11 nitrogen and oxygen atoms in total. The van der Waals surface area contributed by atoms with Crippen molar-refractivity contribution >= 4 is 34.9 Å². The van der Waals surface area contributed by atoms with Gasteiger partial charge in [-0.3, -0.25) is 19.4 Å². The minimum absolute atomic E-state index is 0.0592. The quantitative estimate of drug-likeness (QED) is 0.372. The molecule has 12 heteroatoms. The third-order valence-corrected chi connectivity index (χ3v) is 5.69. The molecule has 0 atom stereocenters. The average molecular weight is 493 g/mol. The standard InChI is InChI=1S/C24H24FN7O4/c1-11-14(25)8-17(21(36-3)19(11)13-6-7-15(22(26)33)28-10-13)29-16-9-18(30-23(34)12-4-5-12)31-32-20(16)24(35)27-2/h6-10,12H,4-5H2,1-3H3,(H2,26,33)(H,27,35)(H2,29,30,31,34). The van der Waals surface area contributed by atoms with Gasteiger partial charge < -0.3 is 26.4 Å². The highest BCUT2D eigenvalue weighted by Crippen LogP contribution is 2.42. The molecule has 1 aromatic carbocycles. The maximum absolute atomic E-state index is 15.1. The number of carbonyl (C=O) groups excluding carboxylic acids is 3. The lowest BCUT2D eigenvalue weighted by atomic mass is 9.98. The molecule has 5 N–H and O–H groups in total. The van der Waals surface area contributed by atoms with Crippen LogP contribution in [0.5, 0.6) is 5.75 Å². The van der Waals surface area contributed by atoms with E-state index in [1.54, 1.807) is 13.0 Å². The van der Waals surface area contributed by atoms with Gasteiger partial charge in [0.15, 0.2) is 17.3 Å². The predicted molar refractivity (Wildman–Crippen MR) is 129 cm³/mol. The van der Waals surface area contributed by atoms with Crippen LogP contribution in [-0.4, -0.2) is 47.1 Å². The van der Waals surface area contributed by atoms with Crippen LogP contribution in [0.25, 0.3) is 11.1 Å². The van der Waals surface area contributed by atoms with Crippen LogP contribution in [-0.2, 0) is 4.79 Å². The van der Waals surface area contributed by atoms with Gasteiger partial charge in [0, 0.05) is 42.4 Å². The van der Waals surface area contributed by atoms with Gasteiger partial charge in [-0.05, 0) is 31.4 Å². The van der Waals surface area contributed by atoms with Gasteiger partial charge in [-0.2, -0.15) is 0 Å². The summed E-state index contributed by atoms with van der Waals surface area (Å²) >= 11 is 0. The SMILES string of the molecule is CNC(=O)c1nnc(NC(=O)C2CC2)cc1Nc1cc(F)c(C)c(-c2ccc(C(N)=O)nc2)c1OC. The van der Waals surface area contributed by atoms with Gasteiger partial charge in [0.2, 0.25) is 5.91 Å². The summed E-state index contributed by atoms with van der Waals surface area (Å²) in [6.07, 6.45) is 3.00. The number of hydrogen-bond donors (Lipinski definition) is 4. The van der Waals surface area contributed by atoms with Crippen LogP contribution in [0.3, 0.4) is 0 Å². The number of halogens is 1. The molecule has 1 fully saturated rings. The zero-order valence-electron chi connectivity index (χ0n) is 19.8. The summed E-state index contributed by atoms with van der Waals surface area (Å²) in [4.78, 5) is 40.1. The largest absolute Gasteiger partial charge is 0.494 e. The molecular formula is C24H24FN7O4. The predicted octanol–water partition coefficient (Wildman–Crippen LogP) is 2.55. The first-order valence-electron chi connectivity index (χ1n) is 11.0. The number of ether oxygens (including phenoxy) is 1. The van der Waals surface area contributed by atoms with Crippen molar-refractivity contribution in [2.75, 3.05) is 24.8 Å². The number of nitrogens with two attached hydrogens (primary N) is 1. The van der Waals surface area contributed by atoms with E-state index < -0.39 is 17.6 Å². The topological polar surface area (TPSA) is 161 Å². The normalized spacial score (nSPS) is 12.6. The number of carbonyl (C=O) groups is 3. The fourth-order valence-electron chi connectivity index (χ4n) is 3.62. The highest BCUT2D eigenvalue weighted by molar-refractivity contribution is 6.00. The molecule has 0 spiro atoms. The highest BCUT2D eigenvalue weighted by Gasteiger charge is 2.30. The molecule has 2 heterocycles. The van der Waals surface area contributed by atoms with Crippen molar-refractivity contribution in [2.45, 2.75) is 19.8 Å². The fourth-order valence-corrected chi connectivity index (χ4v) is 3.62. The Morgan fingerprint density at radius 2 is 1.89 bits per heavy atom. The van der Waals surface area contributed by atoms with E-state index in [1.165, 1.54) is 38.6 Å². The lowest BCUT2D eigenvalue weighted by Crippen LogP contribution is -2.22. The molecule has 186 valence electrons. The van der Waals surface area contributed by atoms with Gasteiger partial charge in [-0.15, -0.1) is 10.2 Å².